The SMILES string of the molecule is COc1ccc(CNc2cnc(C#N)cn2)cc1N. The van der Waals surface area contributed by atoms with E-state index in [-0.39, 0.29) is 0 Å². The Kier molecular flexibility index (Phi) is 3.78. The van der Waals surface area contributed by atoms with E-state index >= 15 is 0 Å². The summed E-state index contributed by atoms with van der Waals surface area (Å²) in [7, 11) is 1.58. The third-order valence-electron chi connectivity index (χ3n) is 2.53. The Balaban J connectivity index is 2.02. The number of anilines is 2. The van der Waals surface area contributed by atoms with Gasteiger partial charge in [-0.2, -0.15) is 5.26 Å². The van der Waals surface area contributed by atoms with Gasteiger partial charge in [0.1, 0.15) is 17.6 Å². The van der Waals surface area contributed by atoms with Crippen molar-refractivity contribution in [1.82, 2.24) is 9.97 Å². The number of ether oxygens (including phenoxy) is 1. The van der Waals surface area contributed by atoms with Crippen molar-refractivity contribution < 1.29 is 4.74 Å². The summed E-state index contributed by atoms with van der Waals surface area (Å²) in [5.41, 5.74) is 7.71. The predicted molar refractivity (Wildman–Crippen MR) is 71.5 cm³/mol. The lowest BCUT2D eigenvalue weighted by Crippen LogP contribution is -2.03. The molecule has 0 bridgehead atoms. The van der Waals surface area contributed by atoms with Crippen molar-refractivity contribution >= 4 is 11.5 Å². The van der Waals surface area contributed by atoms with Crippen molar-refractivity contribution in [3.63, 3.8) is 0 Å². The molecule has 3 N–H and O–H groups in total. The zero-order chi connectivity index (χ0) is 13.7. The van der Waals surface area contributed by atoms with Crippen molar-refractivity contribution in [3.05, 3.63) is 41.9 Å². The van der Waals surface area contributed by atoms with Crippen molar-refractivity contribution in [2.75, 3.05) is 18.2 Å². The maximum Gasteiger partial charge on any atom is 0.158 e. The first-order valence-corrected chi connectivity index (χ1v) is 5.61. The Morgan fingerprint density at radius 1 is 1.37 bits per heavy atom. The van der Waals surface area contributed by atoms with E-state index in [1.807, 2.05) is 24.3 Å². The fraction of sp³-hybridized carbons (Fsp3) is 0.154. The molecule has 1 aromatic carbocycles. The van der Waals surface area contributed by atoms with E-state index in [1.165, 1.54) is 12.4 Å². The number of nitrogens with zero attached hydrogens (tertiary/aromatic N) is 3. The molecule has 2 rings (SSSR count). The third-order valence-corrected chi connectivity index (χ3v) is 2.53. The predicted octanol–water partition coefficient (Wildman–Crippen LogP) is 1.55. The van der Waals surface area contributed by atoms with Crippen molar-refractivity contribution in [3.8, 4) is 11.8 Å². The molecule has 0 radical (unpaired) electrons. The maximum atomic E-state index is 8.62. The van der Waals surface area contributed by atoms with Crippen molar-refractivity contribution in [1.29, 1.82) is 5.26 Å². The Labute approximate surface area is 110 Å². The number of nitrogen functional groups attached to an aromatic ring is 1. The smallest absolute Gasteiger partial charge is 0.158 e. The molecule has 0 spiro atoms. The molecule has 1 aromatic heterocycles. The van der Waals surface area contributed by atoms with Crippen LogP contribution < -0.4 is 15.8 Å². The van der Waals surface area contributed by atoms with Crippen LogP contribution in [0.25, 0.3) is 0 Å². The monoisotopic (exact) mass is 255 g/mol. The standard InChI is InChI=1S/C13H13N5O/c1-19-12-3-2-9(4-11(12)15)6-17-13-8-16-10(5-14)7-18-13/h2-4,7-8H,6,15H2,1H3,(H,17,18). The summed E-state index contributed by atoms with van der Waals surface area (Å²) in [5, 5.41) is 11.7. The number of aromatic nitrogens is 2. The zero-order valence-electron chi connectivity index (χ0n) is 10.4. The van der Waals surface area contributed by atoms with Crippen LogP contribution in [-0.2, 0) is 6.54 Å². The highest BCUT2D eigenvalue weighted by Crippen LogP contribution is 2.22. The van der Waals surface area contributed by atoms with E-state index in [1.54, 1.807) is 7.11 Å². The average Bonchev–Trinajstić information content (AvgIpc) is 2.46. The summed E-state index contributed by atoms with van der Waals surface area (Å²) in [6.45, 7) is 0.564. The molecule has 0 amide bonds. The number of benzene rings is 1. The van der Waals surface area contributed by atoms with Gasteiger partial charge in [0.2, 0.25) is 0 Å². The molecule has 19 heavy (non-hydrogen) atoms. The largest absolute Gasteiger partial charge is 0.495 e. The van der Waals surface area contributed by atoms with Crippen LogP contribution in [0, 0.1) is 11.3 Å². The molecule has 0 aliphatic carbocycles. The highest BCUT2D eigenvalue weighted by atomic mass is 16.5. The number of rotatable bonds is 4. The van der Waals surface area contributed by atoms with Gasteiger partial charge in [-0.15, -0.1) is 0 Å². The molecular formula is C13H13N5O. The van der Waals surface area contributed by atoms with Crippen LogP contribution >= 0.6 is 0 Å². The Bertz CT molecular complexity index is 603. The molecule has 0 aliphatic heterocycles. The van der Waals surface area contributed by atoms with Crippen molar-refractivity contribution in [2.24, 2.45) is 0 Å². The number of nitrogens with two attached hydrogens (primary N) is 1. The van der Waals surface area contributed by atoms with Crippen LogP contribution in [0.4, 0.5) is 11.5 Å². The second-order valence-corrected chi connectivity index (χ2v) is 3.83. The molecule has 0 saturated heterocycles. The van der Waals surface area contributed by atoms with Gasteiger partial charge < -0.3 is 15.8 Å². The minimum Gasteiger partial charge on any atom is -0.495 e. The highest BCUT2D eigenvalue weighted by molar-refractivity contribution is 5.54. The van der Waals surface area contributed by atoms with Crippen LogP contribution in [0.1, 0.15) is 11.3 Å². The Morgan fingerprint density at radius 2 is 2.21 bits per heavy atom. The normalized spacial score (nSPS) is 9.68. The summed E-state index contributed by atoms with van der Waals surface area (Å²) in [5.74, 6) is 1.26. The second-order valence-electron chi connectivity index (χ2n) is 3.83. The molecule has 1 heterocycles. The minimum atomic E-state index is 0.291. The fourth-order valence-corrected chi connectivity index (χ4v) is 1.56. The zero-order valence-corrected chi connectivity index (χ0v) is 10.4. The molecule has 96 valence electrons. The van der Waals surface area contributed by atoms with E-state index in [0.29, 0.717) is 29.5 Å². The lowest BCUT2D eigenvalue weighted by molar-refractivity contribution is 0.417. The highest BCUT2D eigenvalue weighted by Gasteiger charge is 2.01. The first kappa shape index (κ1) is 12.6. The summed E-state index contributed by atoms with van der Waals surface area (Å²) in [6.07, 6.45) is 2.94. The molecule has 6 nitrogen and oxygen atoms in total. The topological polar surface area (TPSA) is 96.8 Å². The molecular weight excluding hydrogens is 242 g/mol. The molecule has 0 aliphatic rings. The quantitative estimate of drug-likeness (QED) is 0.804. The number of methoxy groups -OCH3 is 1. The third kappa shape index (κ3) is 3.10. The van der Waals surface area contributed by atoms with E-state index < -0.39 is 0 Å². The molecule has 2 aromatic rings. The van der Waals surface area contributed by atoms with Gasteiger partial charge in [0.05, 0.1) is 25.2 Å². The summed E-state index contributed by atoms with van der Waals surface area (Å²) < 4.78 is 5.09. The van der Waals surface area contributed by atoms with E-state index in [9.17, 15) is 0 Å². The van der Waals surface area contributed by atoms with Gasteiger partial charge in [0.25, 0.3) is 0 Å². The van der Waals surface area contributed by atoms with E-state index in [2.05, 4.69) is 15.3 Å². The van der Waals surface area contributed by atoms with Gasteiger partial charge in [0.15, 0.2) is 5.69 Å². The first-order valence-electron chi connectivity index (χ1n) is 5.61. The second kappa shape index (κ2) is 5.69. The summed E-state index contributed by atoms with van der Waals surface area (Å²) in [6, 6.07) is 7.48. The van der Waals surface area contributed by atoms with Crippen molar-refractivity contribution in [2.45, 2.75) is 6.54 Å². The fourth-order valence-electron chi connectivity index (χ4n) is 1.56. The van der Waals surface area contributed by atoms with Gasteiger partial charge in [0, 0.05) is 6.54 Å². The van der Waals surface area contributed by atoms with E-state index in [4.69, 9.17) is 15.7 Å². The summed E-state index contributed by atoms with van der Waals surface area (Å²) in [4.78, 5) is 7.99. The number of nitrogens with one attached hydrogen (secondary N) is 1. The van der Waals surface area contributed by atoms with Crippen LogP contribution in [0.5, 0.6) is 5.75 Å². The molecule has 0 unspecified atom stereocenters. The molecule has 0 atom stereocenters. The lowest BCUT2D eigenvalue weighted by Gasteiger charge is -2.08. The van der Waals surface area contributed by atoms with Crippen LogP contribution in [-0.4, -0.2) is 17.1 Å². The van der Waals surface area contributed by atoms with Crippen LogP contribution in [0.2, 0.25) is 0 Å². The van der Waals surface area contributed by atoms with Crippen LogP contribution in [0.15, 0.2) is 30.6 Å². The molecule has 0 saturated carbocycles. The van der Waals surface area contributed by atoms with Gasteiger partial charge >= 0.3 is 0 Å². The van der Waals surface area contributed by atoms with Crippen LogP contribution in [0.3, 0.4) is 0 Å². The number of hydrogen-bond donors (Lipinski definition) is 2. The number of hydrogen-bond acceptors (Lipinski definition) is 6. The lowest BCUT2D eigenvalue weighted by atomic mass is 10.2. The van der Waals surface area contributed by atoms with E-state index in [0.717, 1.165) is 5.56 Å². The minimum absolute atomic E-state index is 0.291. The first-order chi connectivity index (χ1) is 9.22. The maximum absolute atomic E-state index is 8.62. The van der Waals surface area contributed by atoms with Gasteiger partial charge in [-0.05, 0) is 17.7 Å². The number of nitriles is 1. The summed E-state index contributed by atoms with van der Waals surface area (Å²) >= 11 is 0. The Hall–Kier alpha value is -2.81. The molecule has 0 fully saturated rings. The van der Waals surface area contributed by atoms with Gasteiger partial charge in [-0.3, -0.25) is 0 Å². The average molecular weight is 255 g/mol. The van der Waals surface area contributed by atoms with Gasteiger partial charge in [-0.25, -0.2) is 9.97 Å². The van der Waals surface area contributed by atoms with Gasteiger partial charge in [-0.1, -0.05) is 6.07 Å². The molecule has 6 heteroatoms. The Morgan fingerprint density at radius 3 is 2.79 bits per heavy atom.